The second kappa shape index (κ2) is 5.87. The first-order valence-corrected chi connectivity index (χ1v) is 8.20. The molecule has 1 aromatic carbocycles. The molecule has 1 saturated heterocycles. The molecule has 7 nitrogen and oxygen atoms in total. The Kier molecular flexibility index (Phi) is 3.67. The molecule has 4 rings (SSSR count). The highest BCUT2D eigenvalue weighted by Crippen LogP contribution is 2.27. The third-order valence-electron chi connectivity index (χ3n) is 4.89. The minimum Gasteiger partial charge on any atom is -0.339 e. The van der Waals surface area contributed by atoms with Crippen molar-refractivity contribution >= 4 is 22.8 Å². The van der Waals surface area contributed by atoms with Gasteiger partial charge in [-0.1, -0.05) is 0 Å². The van der Waals surface area contributed by atoms with E-state index in [0.717, 1.165) is 22.4 Å². The molecule has 0 atom stereocenters. The van der Waals surface area contributed by atoms with E-state index in [2.05, 4.69) is 20.1 Å². The number of hydrogen-bond donors (Lipinski definition) is 1. The summed E-state index contributed by atoms with van der Waals surface area (Å²) < 4.78 is 15.4. The van der Waals surface area contributed by atoms with Crippen LogP contribution in [0, 0.1) is 12.7 Å². The Bertz CT molecular complexity index is 924. The van der Waals surface area contributed by atoms with Crippen LogP contribution >= 0.6 is 0 Å². The van der Waals surface area contributed by atoms with Crippen molar-refractivity contribution in [3.05, 3.63) is 41.6 Å². The summed E-state index contributed by atoms with van der Waals surface area (Å²) in [5.41, 5.74) is 2.30. The zero-order valence-electron chi connectivity index (χ0n) is 14.2. The summed E-state index contributed by atoms with van der Waals surface area (Å²) in [6, 6.07) is 4.63. The van der Waals surface area contributed by atoms with Crippen molar-refractivity contribution in [1.82, 2.24) is 24.6 Å². The minimum atomic E-state index is -0.291. The maximum absolute atomic E-state index is 13.6. The monoisotopic (exact) mass is 342 g/mol. The Morgan fingerprint density at radius 1 is 1.24 bits per heavy atom. The van der Waals surface area contributed by atoms with Crippen LogP contribution < -0.4 is 4.90 Å². The Balaban J connectivity index is 1.59. The lowest BCUT2D eigenvalue weighted by Gasteiger charge is -2.34. The second-order valence-corrected chi connectivity index (χ2v) is 6.28. The number of H-pyrrole nitrogens is 1. The normalized spacial score (nSPS) is 15.2. The van der Waals surface area contributed by atoms with Crippen molar-refractivity contribution in [2.24, 2.45) is 7.05 Å². The van der Waals surface area contributed by atoms with E-state index in [9.17, 15) is 9.18 Å². The maximum Gasteiger partial charge on any atom is 0.270 e. The number of fused-ring (bicyclic) bond motifs is 1. The van der Waals surface area contributed by atoms with Gasteiger partial charge in [-0.2, -0.15) is 10.1 Å². The van der Waals surface area contributed by atoms with Crippen LogP contribution in [0.25, 0.3) is 10.9 Å². The lowest BCUT2D eigenvalue weighted by atomic mass is 10.1. The summed E-state index contributed by atoms with van der Waals surface area (Å²) in [4.78, 5) is 21.1. The number of rotatable bonds is 2. The van der Waals surface area contributed by atoms with E-state index in [1.54, 1.807) is 6.07 Å². The Labute approximate surface area is 144 Å². The Morgan fingerprint density at radius 2 is 2.00 bits per heavy atom. The van der Waals surface area contributed by atoms with Gasteiger partial charge in [0.05, 0.1) is 0 Å². The summed E-state index contributed by atoms with van der Waals surface area (Å²) in [6.07, 6.45) is 1.48. The average molecular weight is 342 g/mol. The highest BCUT2D eigenvalue weighted by Gasteiger charge is 2.27. The number of carbonyl (C=O) groups excluding carboxylic acids is 1. The van der Waals surface area contributed by atoms with E-state index in [0.29, 0.717) is 31.9 Å². The average Bonchev–Trinajstić information content (AvgIpc) is 3.23. The van der Waals surface area contributed by atoms with Gasteiger partial charge in [-0.15, -0.1) is 0 Å². The van der Waals surface area contributed by atoms with Crippen molar-refractivity contribution in [2.75, 3.05) is 31.1 Å². The Hall–Kier alpha value is -2.90. The molecule has 1 amide bonds. The number of anilines is 1. The largest absolute Gasteiger partial charge is 0.339 e. The summed E-state index contributed by atoms with van der Waals surface area (Å²) in [6.45, 7) is 4.47. The van der Waals surface area contributed by atoms with Crippen molar-refractivity contribution in [1.29, 1.82) is 0 Å². The third kappa shape index (κ3) is 2.54. The van der Waals surface area contributed by atoms with Gasteiger partial charge in [0.2, 0.25) is 5.95 Å². The molecular weight excluding hydrogens is 323 g/mol. The van der Waals surface area contributed by atoms with Crippen LogP contribution in [-0.4, -0.2) is 56.7 Å². The number of amides is 1. The van der Waals surface area contributed by atoms with Gasteiger partial charge in [0, 0.05) is 44.1 Å². The summed E-state index contributed by atoms with van der Waals surface area (Å²) in [5, 5.41) is 7.49. The van der Waals surface area contributed by atoms with Crippen LogP contribution in [0.5, 0.6) is 0 Å². The second-order valence-electron chi connectivity index (χ2n) is 6.28. The van der Waals surface area contributed by atoms with E-state index in [1.807, 2.05) is 23.4 Å². The fourth-order valence-corrected chi connectivity index (χ4v) is 3.53. The number of benzene rings is 1. The molecule has 1 N–H and O–H groups in total. The van der Waals surface area contributed by atoms with E-state index in [-0.39, 0.29) is 11.7 Å². The van der Waals surface area contributed by atoms with Gasteiger partial charge in [0.25, 0.3) is 5.91 Å². The fourth-order valence-electron chi connectivity index (χ4n) is 3.53. The molecule has 25 heavy (non-hydrogen) atoms. The molecular formula is C17H19FN6O. The number of carbonyl (C=O) groups is 1. The number of piperazine rings is 1. The van der Waals surface area contributed by atoms with E-state index in [4.69, 9.17) is 0 Å². The van der Waals surface area contributed by atoms with Gasteiger partial charge in [0.1, 0.15) is 17.8 Å². The van der Waals surface area contributed by atoms with Gasteiger partial charge in [-0.25, -0.2) is 9.49 Å². The predicted molar refractivity (Wildman–Crippen MR) is 92.1 cm³/mol. The van der Waals surface area contributed by atoms with Gasteiger partial charge >= 0.3 is 0 Å². The first-order chi connectivity index (χ1) is 12.1. The molecule has 1 aliphatic rings. The number of hydrogen-bond acceptors (Lipinski definition) is 4. The van der Waals surface area contributed by atoms with E-state index in [1.165, 1.54) is 18.5 Å². The predicted octanol–water partition coefficient (Wildman–Crippen LogP) is 1.71. The maximum atomic E-state index is 13.6. The molecule has 0 saturated carbocycles. The highest BCUT2D eigenvalue weighted by molar-refractivity contribution is 6.01. The molecule has 130 valence electrons. The quantitative estimate of drug-likeness (QED) is 0.770. The summed E-state index contributed by atoms with van der Waals surface area (Å²) in [5.74, 6) is 0.415. The number of aryl methyl sites for hydroxylation is 2. The van der Waals surface area contributed by atoms with Crippen LogP contribution in [0.2, 0.25) is 0 Å². The van der Waals surface area contributed by atoms with Gasteiger partial charge < -0.3 is 14.4 Å². The molecule has 3 aromatic rings. The number of nitrogens with one attached hydrogen (secondary N) is 1. The summed E-state index contributed by atoms with van der Waals surface area (Å²) >= 11 is 0. The number of halogens is 1. The third-order valence-corrected chi connectivity index (χ3v) is 4.89. The van der Waals surface area contributed by atoms with Crippen molar-refractivity contribution in [3.63, 3.8) is 0 Å². The molecule has 2 aromatic heterocycles. The number of nitrogens with zero attached hydrogens (tertiary/aromatic N) is 5. The molecule has 0 aliphatic carbocycles. The van der Waals surface area contributed by atoms with Crippen molar-refractivity contribution < 1.29 is 9.18 Å². The summed E-state index contributed by atoms with van der Waals surface area (Å²) in [7, 11) is 1.85. The molecule has 1 fully saturated rings. The molecule has 0 bridgehead atoms. The smallest absolute Gasteiger partial charge is 0.270 e. The molecule has 0 unspecified atom stereocenters. The van der Waals surface area contributed by atoms with E-state index >= 15 is 0 Å². The molecule has 0 radical (unpaired) electrons. The van der Waals surface area contributed by atoms with Gasteiger partial charge in [0.15, 0.2) is 0 Å². The first-order valence-electron chi connectivity index (χ1n) is 8.20. The molecule has 3 heterocycles. The van der Waals surface area contributed by atoms with E-state index < -0.39 is 0 Å². The standard InChI is InChI=1S/C17H19FN6O/c1-11-13-9-12(18)3-4-14(13)22(2)15(11)16(25)23-5-7-24(8-6-23)17-19-10-20-21-17/h3-4,9-10H,5-8H2,1-2H3,(H,19,20,21). The van der Waals surface area contributed by atoms with Crippen LogP contribution in [-0.2, 0) is 7.05 Å². The fraction of sp³-hybridized carbons (Fsp3) is 0.353. The first kappa shape index (κ1) is 15.6. The zero-order chi connectivity index (χ0) is 17.6. The topological polar surface area (TPSA) is 70.1 Å². The lowest BCUT2D eigenvalue weighted by molar-refractivity contribution is 0.0736. The number of aromatic amines is 1. The lowest BCUT2D eigenvalue weighted by Crippen LogP contribution is -2.49. The van der Waals surface area contributed by atoms with Crippen LogP contribution in [0.1, 0.15) is 16.1 Å². The minimum absolute atomic E-state index is 0.0196. The SMILES string of the molecule is Cc1c(C(=O)N2CCN(c3ncn[nH]3)CC2)n(C)c2ccc(F)cc12. The van der Waals surface area contributed by atoms with Crippen LogP contribution in [0.4, 0.5) is 10.3 Å². The zero-order valence-corrected chi connectivity index (χ0v) is 14.2. The van der Waals surface area contributed by atoms with Crippen LogP contribution in [0.3, 0.4) is 0 Å². The Morgan fingerprint density at radius 3 is 2.68 bits per heavy atom. The van der Waals surface area contributed by atoms with Crippen LogP contribution in [0.15, 0.2) is 24.5 Å². The highest BCUT2D eigenvalue weighted by atomic mass is 19.1. The van der Waals surface area contributed by atoms with Gasteiger partial charge in [-0.3, -0.25) is 4.79 Å². The molecule has 8 heteroatoms. The molecule has 1 aliphatic heterocycles. The number of aromatic nitrogens is 4. The van der Waals surface area contributed by atoms with Crippen molar-refractivity contribution in [3.8, 4) is 0 Å². The van der Waals surface area contributed by atoms with Gasteiger partial charge in [-0.05, 0) is 30.7 Å². The molecule has 0 spiro atoms. The van der Waals surface area contributed by atoms with Crippen molar-refractivity contribution in [2.45, 2.75) is 6.92 Å².